The van der Waals surface area contributed by atoms with Crippen molar-refractivity contribution in [2.75, 3.05) is 0 Å². The molecule has 0 unspecified atom stereocenters. The summed E-state index contributed by atoms with van der Waals surface area (Å²) in [4.78, 5) is 0. The largest absolute Gasteiger partial charge is 0.0654 e. The minimum absolute atomic E-state index is 1.12. The van der Waals surface area contributed by atoms with Gasteiger partial charge in [0.15, 0.2) is 0 Å². The van der Waals surface area contributed by atoms with Gasteiger partial charge < -0.3 is 0 Å². The fourth-order valence-electron chi connectivity index (χ4n) is 2.50. The van der Waals surface area contributed by atoms with Gasteiger partial charge in [-0.15, -0.1) is 0 Å². The van der Waals surface area contributed by atoms with E-state index in [4.69, 9.17) is 0 Å². The molecule has 0 bridgehead atoms. The summed E-state index contributed by atoms with van der Waals surface area (Å²) in [6.45, 7) is 4.51. The maximum Gasteiger partial charge on any atom is -0.0149 e. The molecule has 0 amide bonds. The van der Waals surface area contributed by atoms with Crippen molar-refractivity contribution in [3.05, 3.63) is 59.7 Å². The van der Waals surface area contributed by atoms with Gasteiger partial charge >= 0.3 is 0 Å². The molecular formula is C18H22. The predicted octanol–water partition coefficient (Wildman–Crippen LogP) is 5.26. The first kappa shape index (κ1) is 12.9. The van der Waals surface area contributed by atoms with Gasteiger partial charge in [-0.1, -0.05) is 68.8 Å². The Kier molecular flexibility index (Phi) is 4.58. The first-order chi connectivity index (χ1) is 8.86. The SMILES string of the molecule is CCCCc1c(CC)cccc1-c1ccccc1. The topological polar surface area (TPSA) is 0 Å². The molecule has 94 valence electrons. The van der Waals surface area contributed by atoms with Crippen molar-refractivity contribution in [1.82, 2.24) is 0 Å². The Morgan fingerprint density at radius 2 is 1.61 bits per heavy atom. The van der Waals surface area contributed by atoms with E-state index in [9.17, 15) is 0 Å². The van der Waals surface area contributed by atoms with Gasteiger partial charge in [-0.05, 0) is 41.5 Å². The van der Waals surface area contributed by atoms with Gasteiger partial charge in [-0.3, -0.25) is 0 Å². The first-order valence-corrected chi connectivity index (χ1v) is 7.03. The molecule has 2 rings (SSSR count). The minimum atomic E-state index is 1.12. The number of hydrogen-bond donors (Lipinski definition) is 0. The van der Waals surface area contributed by atoms with E-state index in [0.29, 0.717) is 0 Å². The van der Waals surface area contributed by atoms with Gasteiger partial charge in [-0.2, -0.15) is 0 Å². The highest BCUT2D eigenvalue weighted by Gasteiger charge is 2.08. The molecule has 0 aliphatic heterocycles. The Hall–Kier alpha value is -1.56. The van der Waals surface area contributed by atoms with Crippen molar-refractivity contribution < 1.29 is 0 Å². The molecule has 2 aromatic rings. The summed E-state index contributed by atoms with van der Waals surface area (Å²) in [5.41, 5.74) is 5.82. The van der Waals surface area contributed by atoms with E-state index in [1.165, 1.54) is 36.0 Å². The Labute approximate surface area is 111 Å². The summed E-state index contributed by atoms with van der Waals surface area (Å²) in [5.74, 6) is 0. The van der Waals surface area contributed by atoms with Crippen molar-refractivity contribution >= 4 is 0 Å². The van der Waals surface area contributed by atoms with Crippen LogP contribution in [0.1, 0.15) is 37.8 Å². The van der Waals surface area contributed by atoms with Crippen LogP contribution in [0.2, 0.25) is 0 Å². The zero-order valence-electron chi connectivity index (χ0n) is 11.4. The molecule has 0 aliphatic rings. The molecule has 0 heterocycles. The summed E-state index contributed by atoms with van der Waals surface area (Å²) in [6.07, 6.45) is 4.85. The van der Waals surface area contributed by atoms with Crippen molar-refractivity contribution in [3.8, 4) is 11.1 Å². The third kappa shape index (κ3) is 2.81. The zero-order chi connectivity index (χ0) is 12.8. The zero-order valence-corrected chi connectivity index (χ0v) is 11.4. The summed E-state index contributed by atoms with van der Waals surface area (Å²) in [7, 11) is 0. The predicted molar refractivity (Wildman–Crippen MR) is 79.9 cm³/mol. The second kappa shape index (κ2) is 6.39. The first-order valence-electron chi connectivity index (χ1n) is 7.03. The van der Waals surface area contributed by atoms with E-state index in [1.807, 2.05) is 0 Å². The second-order valence-electron chi connectivity index (χ2n) is 4.77. The third-order valence-electron chi connectivity index (χ3n) is 3.52. The minimum Gasteiger partial charge on any atom is -0.0654 e. The number of aryl methyl sites for hydroxylation is 1. The number of benzene rings is 2. The summed E-state index contributed by atoms with van der Waals surface area (Å²) in [5, 5.41) is 0. The molecule has 0 nitrogen and oxygen atoms in total. The van der Waals surface area contributed by atoms with E-state index >= 15 is 0 Å². The standard InChI is InChI=1S/C18H22/c1-3-5-13-17-15(4-2)12-9-14-18(17)16-10-7-6-8-11-16/h6-12,14H,3-5,13H2,1-2H3. The van der Waals surface area contributed by atoms with Crippen molar-refractivity contribution in [2.45, 2.75) is 39.5 Å². The van der Waals surface area contributed by atoms with E-state index in [0.717, 1.165) is 6.42 Å². The van der Waals surface area contributed by atoms with Crippen LogP contribution in [-0.4, -0.2) is 0 Å². The summed E-state index contributed by atoms with van der Waals surface area (Å²) in [6, 6.07) is 17.5. The molecule has 0 aliphatic carbocycles. The van der Waals surface area contributed by atoms with Crippen LogP contribution in [0.5, 0.6) is 0 Å². The van der Waals surface area contributed by atoms with Crippen LogP contribution in [0.25, 0.3) is 11.1 Å². The van der Waals surface area contributed by atoms with E-state index < -0.39 is 0 Å². The third-order valence-corrected chi connectivity index (χ3v) is 3.52. The van der Waals surface area contributed by atoms with Crippen LogP contribution in [0.15, 0.2) is 48.5 Å². The Morgan fingerprint density at radius 1 is 0.833 bits per heavy atom. The fourth-order valence-corrected chi connectivity index (χ4v) is 2.50. The van der Waals surface area contributed by atoms with Gasteiger partial charge in [0.1, 0.15) is 0 Å². The smallest absolute Gasteiger partial charge is 0.0149 e. The van der Waals surface area contributed by atoms with E-state index in [2.05, 4.69) is 62.4 Å². The van der Waals surface area contributed by atoms with Gasteiger partial charge in [0.05, 0.1) is 0 Å². The van der Waals surface area contributed by atoms with Crippen molar-refractivity contribution in [3.63, 3.8) is 0 Å². The van der Waals surface area contributed by atoms with Crippen LogP contribution < -0.4 is 0 Å². The molecule has 0 N–H and O–H groups in total. The monoisotopic (exact) mass is 238 g/mol. The van der Waals surface area contributed by atoms with Crippen molar-refractivity contribution in [1.29, 1.82) is 0 Å². The molecule has 2 aromatic carbocycles. The highest BCUT2D eigenvalue weighted by molar-refractivity contribution is 5.68. The lowest BCUT2D eigenvalue weighted by Gasteiger charge is -2.14. The van der Waals surface area contributed by atoms with Crippen LogP contribution in [0, 0.1) is 0 Å². The second-order valence-corrected chi connectivity index (χ2v) is 4.77. The average Bonchev–Trinajstić information content (AvgIpc) is 2.45. The number of rotatable bonds is 5. The van der Waals surface area contributed by atoms with Gasteiger partial charge in [0, 0.05) is 0 Å². The maximum absolute atomic E-state index is 2.28. The van der Waals surface area contributed by atoms with Gasteiger partial charge in [0.2, 0.25) is 0 Å². The fraction of sp³-hybridized carbons (Fsp3) is 0.333. The van der Waals surface area contributed by atoms with E-state index in [1.54, 1.807) is 5.56 Å². The van der Waals surface area contributed by atoms with Crippen LogP contribution >= 0.6 is 0 Å². The maximum atomic E-state index is 2.28. The molecule has 0 spiro atoms. The molecular weight excluding hydrogens is 216 g/mol. The van der Waals surface area contributed by atoms with Crippen LogP contribution in [-0.2, 0) is 12.8 Å². The normalized spacial score (nSPS) is 10.6. The number of hydrogen-bond acceptors (Lipinski definition) is 0. The highest BCUT2D eigenvalue weighted by atomic mass is 14.1. The summed E-state index contributed by atoms with van der Waals surface area (Å²) < 4.78 is 0. The van der Waals surface area contributed by atoms with Crippen LogP contribution in [0.4, 0.5) is 0 Å². The lowest BCUT2D eigenvalue weighted by molar-refractivity contribution is 0.788. The molecule has 18 heavy (non-hydrogen) atoms. The molecule has 0 radical (unpaired) electrons. The molecule has 0 aromatic heterocycles. The van der Waals surface area contributed by atoms with Gasteiger partial charge in [0.25, 0.3) is 0 Å². The van der Waals surface area contributed by atoms with Crippen LogP contribution in [0.3, 0.4) is 0 Å². The van der Waals surface area contributed by atoms with Gasteiger partial charge in [-0.25, -0.2) is 0 Å². The molecule has 0 atom stereocenters. The molecule has 0 heteroatoms. The number of unbranched alkanes of at least 4 members (excludes halogenated alkanes) is 1. The average molecular weight is 238 g/mol. The molecule has 0 saturated heterocycles. The Bertz CT molecular complexity index is 483. The quantitative estimate of drug-likeness (QED) is 0.666. The van der Waals surface area contributed by atoms with E-state index in [-0.39, 0.29) is 0 Å². The Morgan fingerprint density at radius 3 is 2.28 bits per heavy atom. The Balaban J connectivity index is 2.45. The lowest BCUT2D eigenvalue weighted by Crippen LogP contribution is -1.96. The molecule has 0 fully saturated rings. The lowest BCUT2D eigenvalue weighted by atomic mass is 9.91. The van der Waals surface area contributed by atoms with Crippen molar-refractivity contribution in [2.24, 2.45) is 0 Å². The highest BCUT2D eigenvalue weighted by Crippen LogP contribution is 2.28. The summed E-state index contributed by atoms with van der Waals surface area (Å²) >= 11 is 0. The molecule has 0 saturated carbocycles.